The van der Waals surface area contributed by atoms with Gasteiger partial charge in [-0.3, -0.25) is 9.69 Å². The molecule has 3 aliphatic rings. The second-order valence-corrected chi connectivity index (χ2v) is 9.95. The van der Waals surface area contributed by atoms with E-state index in [9.17, 15) is 9.90 Å². The summed E-state index contributed by atoms with van der Waals surface area (Å²) in [7, 11) is 0. The minimum absolute atomic E-state index is 0.00771. The van der Waals surface area contributed by atoms with Crippen LogP contribution in [-0.2, 0) is 16.1 Å². The van der Waals surface area contributed by atoms with Crippen LogP contribution in [0.1, 0.15) is 40.2 Å². The van der Waals surface area contributed by atoms with Gasteiger partial charge in [-0.25, -0.2) is 0 Å². The van der Waals surface area contributed by atoms with Crippen LogP contribution in [0.2, 0.25) is 0 Å². The Kier molecular flexibility index (Phi) is 6.53. The van der Waals surface area contributed by atoms with Gasteiger partial charge >= 0.3 is 5.97 Å². The van der Waals surface area contributed by atoms with E-state index in [1.165, 1.54) is 22.3 Å². The van der Waals surface area contributed by atoms with Crippen molar-refractivity contribution in [2.45, 2.75) is 44.9 Å². The molecule has 2 bridgehead atoms. The maximum absolute atomic E-state index is 12.2. The lowest BCUT2D eigenvalue weighted by atomic mass is 9.68. The van der Waals surface area contributed by atoms with Crippen LogP contribution in [0.5, 0.6) is 0 Å². The van der Waals surface area contributed by atoms with Crippen molar-refractivity contribution < 1.29 is 14.6 Å². The average Bonchev–Trinajstić information content (AvgIpc) is 2.84. The van der Waals surface area contributed by atoms with E-state index in [0.717, 1.165) is 18.5 Å². The fourth-order valence-electron chi connectivity index (χ4n) is 6.26. The molecular formula is C30H33NO3. The second kappa shape index (κ2) is 9.73. The van der Waals surface area contributed by atoms with Gasteiger partial charge in [-0.05, 0) is 43.5 Å². The largest absolute Gasteiger partial charge is 0.481 e. The predicted molar refractivity (Wildman–Crippen MR) is 134 cm³/mol. The SMILES string of the molecule is Cc1cc(C)cc(COC2C3CCN(CC3C(=O)O)C2C(c2ccccc2)c2ccccc2)c1. The molecule has 3 fully saturated rings. The summed E-state index contributed by atoms with van der Waals surface area (Å²) in [6.07, 6.45) is 0.705. The number of hydrogen-bond donors (Lipinski definition) is 1. The molecule has 6 rings (SSSR count). The Hall–Kier alpha value is -2.95. The first-order chi connectivity index (χ1) is 16.5. The highest BCUT2D eigenvalue weighted by Crippen LogP contribution is 2.45. The first-order valence-corrected chi connectivity index (χ1v) is 12.3. The zero-order valence-electron chi connectivity index (χ0n) is 19.9. The molecule has 5 atom stereocenters. The fourth-order valence-corrected chi connectivity index (χ4v) is 6.26. The number of carboxylic acids is 1. The number of nitrogens with zero attached hydrogens (tertiary/aromatic N) is 1. The minimum Gasteiger partial charge on any atom is -0.481 e. The highest BCUT2D eigenvalue weighted by atomic mass is 16.5. The van der Waals surface area contributed by atoms with Gasteiger partial charge in [0.15, 0.2) is 0 Å². The van der Waals surface area contributed by atoms with E-state index in [2.05, 4.69) is 85.5 Å². The first-order valence-electron chi connectivity index (χ1n) is 12.3. The summed E-state index contributed by atoms with van der Waals surface area (Å²) in [6, 6.07) is 27.8. The number of ether oxygens (including phenoxy) is 1. The Balaban J connectivity index is 1.54. The van der Waals surface area contributed by atoms with Crippen LogP contribution >= 0.6 is 0 Å². The molecule has 34 heavy (non-hydrogen) atoms. The van der Waals surface area contributed by atoms with E-state index < -0.39 is 5.97 Å². The molecule has 4 heteroatoms. The molecule has 3 aromatic carbocycles. The molecule has 1 N–H and O–H groups in total. The summed E-state index contributed by atoms with van der Waals surface area (Å²) in [4.78, 5) is 14.6. The van der Waals surface area contributed by atoms with Crippen LogP contribution < -0.4 is 0 Å². The standard InChI is InChI=1S/C30H33NO3/c1-20-15-21(2)17-22(16-20)19-34-29-25-13-14-31(18-26(25)30(32)33)28(29)27(23-9-5-3-6-10-23)24-11-7-4-8-12-24/h3-12,15-17,25-29H,13-14,18-19H2,1-2H3,(H,32,33). The van der Waals surface area contributed by atoms with Crippen molar-refractivity contribution in [1.29, 1.82) is 0 Å². The number of aryl methyl sites for hydroxylation is 2. The van der Waals surface area contributed by atoms with Crippen molar-refractivity contribution in [3.63, 3.8) is 0 Å². The number of aliphatic carboxylic acids is 1. The third kappa shape index (κ3) is 4.53. The minimum atomic E-state index is -0.705. The van der Waals surface area contributed by atoms with Crippen LogP contribution in [0, 0.1) is 25.7 Å². The van der Waals surface area contributed by atoms with Crippen molar-refractivity contribution in [1.82, 2.24) is 4.90 Å². The molecule has 0 spiro atoms. The van der Waals surface area contributed by atoms with Gasteiger partial charge in [0.2, 0.25) is 0 Å². The lowest BCUT2D eigenvalue weighted by Crippen LogP contribution is -2.65. The van der Waals surface area contributed by atoms with Crippen molar-refractivity contribution in [2.75, 3.05) is 13.1 Å². The number of fused-ring (bicyclic) bond motifs is 3. The van der Waals surface area contributed by atoms with Crippen LogP contribution in [0.15, 0.2) is 78.9 Å². The molecule has 0 saturated carbocycles. The zero-order chi connectivity index (χ0) is 23.7. The quantitative estimate of drug-likeness (QED) is 0.516. The molecule has 3 saturated heterocycles. The summed E-state index contributed by atoms with van der Waals surface area (Å²) < 4.78 is 6.72. The van der Waals surface area contributed by atoms with E-state index in [1.54, 1.807) is 0 Å². The Morgan fingerprint density at radius 2 is 1.56 bits per heavy atom. The van der Waals surface area contributed by atoms with Gasteiger partial charge in [0.25, 0.3) is 0 Å². The van der Waals surface area contributed by atoms with Crippen molar-refractivity contribution in [3.05, 3.63) is 107 Å². The van der Waals surface area contributed by atoms with E-state index in [0.29, 0.717) is 13.2 Å². The third-order valence-corrected chi connectivity index (χ3v) is 7.58. The lowest BCUT2D eigenvalue weighted by molar-refractivity contribution is -0.172. The molecule has 4 nitrogen and oxygen atoms in total. The van der Waals surface area contributed by atoms with Crippen LogP contribution in [-0.4, -0.2) is 41.2 Å². The van der Waals surface area contributed by atoms with Gasteiger partial charge in [0.05, 0.1) is 18.6 Å². The van der Waals surface area contributed by atoms with Crippen molar-refractivity contribution in [2.24, 2.45) is 11.8 Å². The molecule has 0 amide bonds. The number of piperidine rings is 3. The molecule has 5 unspecified atom stereocenters. The highest BCUT2D eigenvalue weighted by Gasteiger charge is 2.53. The first kappa shape index (κ1) is 22.8. The van der Waals surface area contributed by atoms with Gasteiger partial charge in [-0.2, -0.15) is 0 Å². The zero-order valence-corrected chi connectivity index (χ0v) is 19.9. The molecule has 0 aromatic heterocycles. The average molecular weight is 456 g/mol. The Bertz CT molecular complexity index is 1070. The Morgan fingerprint density at radius 3 is 2.12 bits per heavy atom. The van der Waals surface area contributed by atoms with E-state index >= 15 is 0 Å². The number of benzene rings is 3. The number of carboxylic acid groups (broad SMARTS) is 1. The van der Waals surface area contributed by atoms with Crippen LogP contribution in [0.4, 0.5) is 0 Å². The predicted octanol–water partition coefficient (Wildman–Crippen LogP) is 5.43. The number of hydrogen-bond acceptors (Lipinski definition) is 3. The maximum atomic E-state index is 12.2. The highest BCUT2D eigenvalue weighted by molar-refractivity contribution is 5.71. The Morgan fingerprint density at radius 1 is 0.971 bits per heavy atom. The topological polar surface area (TPSA) is 49.8 Å². The second-order valence-electron chi connectivity index (χ2n) is 9.95. The molecule has 0 radical (unpaired) electrons. The molecule has 176 valence electrons. The van der Waals surface area contributed by atoms with E-state index in [1.807, 2.05) is 12.1 Å². The van der Waals surface area contributed by atoms with Gasteiger partial charge in [0, 0.05) is 24.4 Å². The Labute approximate surface area is 202 Å². The monoisotopic (exact) mass is 455 g/mol. The lowest BCUT2D eigenvalue weighted by Gasteiger charge is -2.55. The molecular weight excluding hydrogens is 422 g/mol. The smallest absolute Gasteiger partial charge is 0.308 e. The summed E-state index contributed by atoms with van der Waals surface area (Å²) in [5, 5.41) is 10.0. The van der Waals surface area contributed by atoms with Crippen LogP contribution in [0.3, 0.4) is 0 Å². The molecule has 3 aromatic rings. The summed E-state index contributed by atoms with van der Waals surface area (Å²) in [5.74, 6) is -0.969. The van der Waals surface area contributed by atoms with Crippen molar-refractivity contribution >= 4 is 5.97 Å². The van der Waals surface area contributed by atoms with Gasteiger partial charge < -0.3 is 9.84 Å². The normalized spacial score (nSPS) is 26.0. The summed E-state index contributed by atoms with van der Waals surface area (Å²) in [6.45, 7) is 6.21. The number of carbonyl (C=O) groups is 1. The van der Waals surface area contributed by atoms with Gasteiger partial charge in [0.1, 0.15) is 0 Å². The fraction of sp³-hybridized carbons (Fsp3) is 0.367. The maximum Gasteiger partial charge on any atom is 0.308 e. The van der Waals surface area contributed by atoms with Gasteiger partial charge in [-0.1, -0.05) is 90.0 Å². The van der Waals surface area contributed by atoms with Gasteiger partial charge in [-0.15, -0.1) is 0 Å². The summed E-state index contributed by atoms with van der Waals surface area (Å²) >= 11 is 0. The van der Waals surface area contributed by atoms with Crippen LogP contribution in [0.25, 0.3) is 0 Å². The summed E-state index contributed by atoms with van der Waals surface area (Å²) in [5.41, 5.74) is 6.09. The number of rotatable bonds is 7. The third-order valence-electron chi connectivity index (χ3n) is 7.58. The molecule has 0 aliphatic carbocycles. The molecule has 3 heterocycles. The van der Waals surface area contributed by atoms with E-state index in [4.69, 9.17) is 4.74 Å². The molecule has 3 aliphatic heterocycles. The van der Waals surface area contributed by atoms with Crippen molar-refractivity contribution in [3.8, 4) is 0 Å². The van der Waals surface area contributed by atoms with E-state index in [-0.39, 0.29) is 29.9 Å².